The summed E-state index contributed by atoms with van der Waals surface area (Å²) >= 11 is 0. The van der Waals surface area contributed by atoms with Gasteiger partial charge in [0.2, 0.25) is 0 Å². The summed E-state index contributed by atoms with van der Waals surface area (Å²) in [6.45, 7) is 4.29. The Morgan fingerprint density at radius 3 is 2.61 bits per heavy atom. The molecule has 1 saturated carbocycles. The second kappa shape index (κ2) is 6.28. The lowest BCUT2D eigenvalue weighted by Gasteiger charge is -2.23. The van der Waals surface area contributed by atoms with E-state index in [-0.39, 0.29) is 11.9 Å². The molecule has 0 aromatic carbocycles. The molecule has 1 atom stereocenters. The van der Waals surface area contributed by atoms with Crippen molar-refractivity contribution in [3.63, 3.8) is 0 Å². The van der Waals surface area contributed by atoms with Crippen LogP contribution in [0, 0.1) is 11.7 Å². The summed E-state index contributed by atoms with van der Waals surface area (Å²) in [5.74, 6) is 0.538. The van der Waals surface area contributed by atoms with Gasteiger partial charge in [0.15, 0.2) is 0 Å². The maximum atomic E-state index is 12.9. The number of nitrogens with one attached hydrogen (secondary N) is 1. The Morgan fingerprint density at radius 2 is 2.06 bits per heavy atom. The van der Waals surface area contributed by atoms with E-state index in [4.69, 9.17) is 0 Å². The number of hydrogen-bond acceptors (Lipinski definition) is 2. The average molecular weight is 250 g/mol. The van der Waals surface area contributed by atoms with Crippen LogP contribution in [0.25, 0.3) is 0 Å². The second-order valence-electron chi connectivity index (χ2n) is 5.66. The van der Waals surface area contributed by atoms with E-state index in [9.17, 15) is 4.39 Å². The van der Waals surface area contributed by atoms with E-state index in [1.165, 1.54) is 37.9 Å². The molecule has 1 N–H and O–H groups in total. The maximum absolute atomic E-state index is 12.9. The molecule has 0 radical (unpaired) electrons. The molecule has 1 aliphatic rings. The van der Waals surface area contributed by atoms with Crippen molar-refractivity contribution in [3.8, 4) is 0 Å². The standard InChI is InChI=1S/C15H23FN2/c1-11(2)18-15(9-12-5-3-4-6-12)14-8-7-13(16)10-17-14/h7-8,10-12,15,18H,3-6,9H2,1-2H3. The number of hydrogen-bond donors (Lipinski definition) is 1. The first kappa shape index (κ1) is 13.5. The minimum atomic E-state index is -0.261. The first-order valence-corrected chi connectivity index (χ1v) is 7.02. The Morgan fingerprint density at radius 1 is 1.33 bits per heavy atom. The summed E-state index contributed by atoms with van der Waals surface area (Å²) in [5.41, 5.74) is 0.969. The van der Waals surface area contributed by atoms with Gasteiger partial charge in [-0.05, 0) is 24.5 Å². The third kappa shape index (κ3) is 3.77. The highest BCUT2D eigenvalue weighted by Crippen LogP contribution is 2.32. The monoisotopic (exact) mass is 250 g/mol. The Kier molecular flexibility index (Phi) is 4.70. The highest BCUT2D eigenvalue weighted by molar-refractivity contribution is 5.10. The van der Waals surface area contributed by atoms with Gasteiger partial charge >= 0.3 is 0 Å². The molecular weight excluding hydrogens is 227 g/mol. The van der Waals surface area contributed by atoms with Crippen LogP contribution in [0.5, 0.6) is 0 Å². The molecular formula is C15H23FN2. The lowest BCUT2D eigenvalue weighted by molar-refractivity contribution is 0.367. The molecule has 100 valence electrons. The van der Waals surface area contributed by atoms with Crippen LogP contribution >= 0.6 is 0 Å². The molecule has 2 rings (SSSR count). The summed E-state index contributed by atoms with van der Waals surface area (Å²) in [7, 11) is 0. The maximum Gasteiger partial charge on any atom is 0.141 e. The Balaban J connectivity index is 2.05. The summed E-state index contributed by atoms with van der Waals surface area (Å²) in [4.78, 5) is 4.24. The molecule has 18 heavy (non-hydrogen) atoms. The van der Waals surface area contributed by atoms with Gasteiger partial charge in [0.05, 0.1) is 11.9 Å². The van der Waals surface area contributed by atoms with Gasteiger partial charge in [-0.1, -0.05) is 39.5 Å². The van der Waals surface area contributed by atoms with Crippen molar-refractivity contribution in [2.24, 2.45) is 5.92 Å². The van der Waals surface area contributed by atoms with E-state index >= 15 is 0 Å². The number of nitrogens with zero attached hydrogens (tertiary/aromatic N) is 1. The fourth-order valence-corrected chi connectivity index (χ4v) is 2.85. The summed E-state index contributed by atoms with van der Waals surface area (Å²) < 4.78 is 12.9. The Hall–Kier alpha value is -0.960. The quantitative estimate of drug-likeness (QED) is 0.858. The van der Waals surface area contributed by atoms with Crippen molar-refractivity contribution in [1.82, 2.24) is 10.3 Å². The van der Waals surface area contributed by atoms with Gasteiger partial charge in [-0.15, -0.1) is 0 Å². The molecule has 0 spiro atoms. The smallest absolute Gasteiger partial charge is 0.141 e. The largest absolute Gasteiger partial charge is 0.306 e. The van der Waals surface area contributed by atoms with Crippen molar-refractivity contribution >= 4 is 0 Å². The zero-order valence-electron chi connectivity index (χ0n) is 11.3. The van der Waals surface area contributed by atoms with Crippen molar-refractivity contribution in [2.75, 3.05) is 0 Å². The van der Waals surface area contributed by atoms with Crippen LogP contribution in [0.1, 0.15) is 57.7 Å². The lowest BCUT2D eigenvalue weighted by Crippen LogP contribution is -2.30. The van der Waals surface area contributed by atoms with Gasteiger partial charge in [-0.2, -0.15) is 0 Å². The van der Waals surface area contributed by atoms with Crippen LogP contribution in [0.2, 0.25) is 0 Å². The zero-order valence-corrected chi connectivity index (χ0v) is 11.3. The number of aromatic nitrogens is 1. The molecule has 1 aliphatic carbocycles. The average Bonchev–Trinajstić information content (AvgIpc) is 2.81. The topological polar surface area (TPSA) is 24.9 Å². The fourth-order valence-electron chi connectivity index (χ4n) is 2.85. The lowest BCUT2D eigenvalue weighted by atomic mass is 9.95. The summed E-state index contributed by atoms with van der Waals surface area (Å²) in [5, 5.41) is 3.56. The third-order valence-corrected chi connectivity index (χ3v) is 3.69. The minimum absolute atomic E-state index is 0.258. The number of rotatable bonds is 5. The van der Waals surface area contributed by atoms with Crippen LogP contribution < -0.4 is 5.32 Å². The van der Waals surface area contributed by atoms with Crippen molar-refractivity contribution in [3.05, 3.63) is 29.8 Å². The molecule has 0 amide bonds. The zero-order chi connectivity index (χ0) is 13.0. The third-order valence-electron chi connectivity index (χ3n) is 3.69. The van der Waals surface area contributed by atoms with Crippen LogP contribution in [-0.2, 0) is 0 Å². The van der Waals surface area contributed by atoms with Gasteiger partial charge < -0.3 is 5.32 Å². The first-order valence-electron chi connectivity index (χ1n) is 7.02. The van der Waals surface area contributed by atoms with E-state index in [0.717, 1.165) is 18.0 Å². The van der Waals surface area contributed by atoms with Crippen LogP contribution in [0.3, 0.4) is 0 Å². The van der Waals surface area contributed by atoms with E-state index in [1.54, 1.807) is 0 Å². The highest BCUT2D eigenvalue weighted by Gasteiger charge is 2.22. The van der Waals surface area contributed by atoms with Crippen molar-refractivity contribution in [1.29, 1.82) is 0 Å². The van der Waals surface area contributed by atoms with Crippen LogP contribution in [-0.4, -0.2) is 11.0 Å². The summed E-state index contributed by atoms with van der Waals surface area (Å²) in [6, 6.07) is 3.99. The highest BCUT2D eigenvalue weighted by atomic mass is 19.1. The minimum Gasteiger partial charge on any atom is -0.306 e. The SMILES string of the molecule is CC(C)NC(CC1CCCC1)c1ccc(F)cn1. The predicted octanol–water partition coefficient (Wildman–Crippen LogP) is 3.84. The molecule has 1 aromatic rings. The molecule has 0 saturated heterocycles. The van der Waals surface area contributed by atoms with E-state index in [2.05, 4.69) is 24.1 Å². The second-order valence-corrected chi connectivity index (χ2v) is 5.66. The molecule has 3 heteroatoms. The molecule has 1 unspecified atom stereocenters. The molecule has 0 bridgehead atoms. The Labute approximate surface area is 109 Å². The first-order chi connectivity index (χ1) is 8.65. The molecule has 2 nitrogen and oxygen atoms in total. The predicted molar refractivity (Wildman–Crippen MR) is 71.8 cm³/mol. The van der Waals surface area contributed by atoms with Crippen molar-refractivity contribution < 1.29 is 4.39 Å². The normalized spacial score (nSPS) is 18.4. The number of halogens is 1. The molecule has 1 aromatic heterocycles. The van der Waals surface area contributed by atoms with Crippen LogP contribution in [0.4, 0.5) is 4.39 Å². The van der Waals surface area contributed by atoms with Gasteiger partial charge in [0.1, 0.15) is 5.82 Å². The van der Waals surface area contributed by atoms with Gasteiger partial charge in [0.25, 0.3) is 0 Å². The molecule has 0 aliphatic heterocycles. The van der Waals surface area contributed by atoms with Gasteiger partial charge in [0, 0.05) is 12.1 Å². The van der Waals surface area contributed by atoms with Crippen LogP contribution in [0.15, 0.2) is 18.3 Å². The number of pyridine rings is 1. The molecule has 1 fully saturated rings. The molecule has 1 heterocycles. The van der Waals surface area contributed by atoms with Gasteiger partial charge in [-0.25, -0.2) is 4.39 Å². The Bertz CT molecular complexity index is 355. The van der Waals surface area contributed by atoms with Crippen molar-refractivity contribution in [2.45, 2.75) is 58.0 Å². The fraction of sp³-hybridized carbons (Fsp3) is 0.667. The van der Waals surface area contributed by atoms with E-state index in [0.29, 0.717) is 6.04 Å². The van der Waals surface area contributed by atoms with Gasteiger partial charge in [-0.3, -0.25) is 4.98 Å². The van der Waals surface area contributed by atoms with E-state index in [1.807, 2.05) is 6.07 Å². The van der Waals surface area contributed by atoms with E-state index < -0.39 is 0 Å². The summed E-state index contributed by atoms with van der Waals surface area (Å²) in [6.07, 6.45) is 7.82.